The van der Waals surface area contributed by atoms with Crippen LogP contribution in [0.15, 0.2) is 58.8 Å². The molecule has 3 aromatic rings. The van der Waals surface area contributed by atoms with Gasteiger partial charge in [-0.25, -0.2) is 13.2 Å². The van der Waals surface area contributed by atoms with Gasteiger partial charge in [0.2, 0.25) is 5.78 Å². The summed E-state index contributed by atoms with van der Waals surface area (Å²) in [6, 6.07) is 13.2. The van der Waals surface area contributed by atoms with Gasteiger partial charge in [0.1, 0.15) is 15.7 Å². The predicted molar refractivity (Wildman–Crippen MR) is 121 cm³/mol. The van der Waals surface area contributed by atoms with Gasteiger partial charge in [0, 0.05) is 11.8 Å². The smallest absolute Gasteiger partial charge is 0.338 e. The molecule has 0 aliphatic rings. The van der Waals surface area contributed by atoms with Gasteiger partial charge in [-0.15, -0.1) is 11.3 Å². The molecule has 3 rings (SSSR count). The molecule has 0 atom stereocenters. The summed E-state index contributed by atoms with van der Waals surface area (Å²) < 4.78 is 42.8. The fourth-order valence-corrected chi connectivity index (χ4v) is 5.18. The maximum absolute atomic E-state index is 12.4. The Morgan fingerprint density at radius 2 is 1.72 bits per heavy atom. The lowest BCUT2D eigenvalue weighted by Crippen LogP contribution is -2.15. The van der Waals surface area contributed by atoms with Crippen molar-refractivity contribution in [1.29, 1.82) is 0 Å². The number of sulfonamides is 1. The lowest BCUT2D eigenvalue weighted by Gasteiger charge is -2.10. The average Bonchev–Trinajstić information content (AvgIpc) is 3.24. The van der Waals surface area contributed by atoms with Crippen LogP contribution in [-0.4, -0.2) is 41.0 Å². The number of hydrogen-bond donors (Lipinski definition) is 1. The van der Waals surface area contributed by atoms with Crippen LogP contribution in [0.1, 0.15) is 20.7 Å². The van der Waals surface area contributed by atoms with Crippen molar-refractivity contribution in [2.24, 2.45) is 0 Å². The van der Waals surface area contributed by atoms with Gasteiger partial charge < -0.3 is 14.2 Å². The molecular formula is C21H18ClNO7S2. The minimum absolute atomic E-state index is 0.0680. The SMILES string of the molecule is COc1ccc(C(=O)COC(=O)c2ccc(NS(=O)(=O)c3ccc(Cl)s3)cc2)c(OC)c1. The summed E-state index contributed by atoms with van der Waals surface area (Å²) in [5.41, 5.74) is 0.659. The summed E-state index contributed by atoms with van der Waals surface area (Å²) in [7, 11) is -0.878. The number of esters is 1. The number of Topliss-reactive ketones (excluding diaryl/α,β-unsaturated/α-hetero) is 1. The summed E-state index contributed by atoms with van der Waals surface area (Å²) in [5, 5.41) is 0. The second-order valence-corrected chi connectivity index (χ2v) is 9.93. The van der Waals surface area contributed by atoms with Crippen LogP contribution in [0.25, 0.3) is 0 Å². The zero-order chi connectivity index (χ0) is 23.3. The molecule has 168 valence electrons. The zero-order valence-electron chi connectivity index (χ0n) is 17.0. The number of carbonyl (C=O) groups excluding carboxylic acids is 2. The second kappa shape index (κ2) is 10.0. The van der Waals surface area contributed by atoms with Crippen molar-refractivity contribution >= 4 is 50.4 Å². The fraction of sp³-hybridized carbons (Fsp3) is 0.143. The van der Waals surface area contributed by atoms with Crippen molar-refractivity contribution in [2.45, 2.75) is 4.21 Å². The Kier molecular flexibility index (Phi) is 7.39. The van der Waals surface area contributed by atoms with E-state index >= 15 is 0 Å². The number of carbonyl (C=O) groups is 2. The van der Waals surface area contributed by atoms with Gasteiger partial charge in [-0.1, -0.05) is 11.6 Å². The molecule has 1 heterocycles. The highest BCUT2D eigenvalue weighted by molar-refractivity contribution is 7.94. The highest BCUT2D eigenvalue weighted by Crippen LogP contribution is 2.27. The molecule has 0 radical (unpaired) electrons. The summed E-state index contributed by atoms with van der Waals surface area (Å²) in [6.07, 6.45) is 0. The molecule has 0 spiro atoms. The third-order valence-electron chi connectivity index (χ3n) is 4.23. The largest absolute Gasteiger partial charge is 0.497 e. The van der Waals surface area contributed by atoms with E-state index in [-0.39, 0.29) is 21.0 Å². The summed E-state index contributed by atoms with van der Waals surface area (Å²) in [5.74, 6) is -0.357. The maximum Gasteiger partial charge on any atom is 0.338 e. The fourth-order valence-electron chi connectivity index (χ4n) is 2.64. The number of rotatable bonds is 9. The number of benzene rings is 2. The first-order valence-corrected chi connectivity index (χ1v) is 11.7. The molecule has 0 aliphatic heterocycles. The van der Waals surface area contributed by atoms with Crippen molar-refractivity contribution in [2.75, 3.05) is 25.5 Å². The van der Waals surface area contributed by atoms with E-state index in [1.165, 1.54) is 56.7 Å². The Morgan fingerprint density at radius 3 is 2.31 bits per heavy atom. The molecule has 0 bridgehead atoms. The first-order chi connectivity index (χ1) is 15.2. The van der Waals surface area contributed by atoms with E-state index in [0.29, 0.717) is 15.8 Å². The standard InChI is InChI=1S/C21H18ClNO7S2/c1-28-15-7-8-16(18(11-15)29-2)17(24)12-30-21(25)13-3-5-14(6-4-13)23-32(26,27)20-10-9-19(22)31-20/h3-11,23H,12H2,1-2H3. The second-order valence-electron chi connectivity index (χ2n) is 6.31. The van der Waals surface area contributed by atoms with E-state index < -0.39 is 28.4 Å². The molecular weight excluding hydrogens is 478 g/mol. The Morgan fingerprint density at radius 1 is 1.00 bits per heavy atom. The molecule has 8 nitrogen and oxygen atoms in total. The van der Waals surface area contributed by atoms with Crippen LogP contribution in [0.3, 0.4) is 0 Å². The first kappa shape index (κ1) is 23.6. The summed E-state index contributed by atoms with van der Waals surface area (Å²) >= 11 is 6.71. The van der Waals surface area contributed by atoms with E-state index in [9.17, 15) is 18.0 Å². The van der Waals surface area contributed by atoms with Crippen molar-refractivity contribution < 1.29 is 32.2 Å². The van der Waals surface area contributed by atoms with Crippen molar-refractivity contribution in [3.05, 3.63) is 70.1 Å². The third kappa shape index (κ3) is 5.58. The van der Waals surface area contributed by atoms with E-state index in [1.807, 2.05) is 0 Å². The maximum atomic E-state index is 12.4. The van der Waals surface area contributed by atoms with Gasteiger partial charge in [-0.05, 0) is 48.5 Å². The van der Waals surface area contributed by atoms with Crippen LogP contribution in [0, 0.1) is 0 Å². The van der Waals surface area contributed by atoms with Crippen LogP contribution < -0.4 is 14.2 Å². The number of ether oxygens (including phenoxy) is 3. The average molecular weight is 496 g/mol. The quantitative estimate of drug-likeness (QED) is 0.349. The number of hydrogen-bond acceptors (Lipinski definition) is 8. The first-order valence-electron chi connectivity index (χ1n) is 9.04. The van der Waals surface area contributed by atoms with E-state index in [4.69, 9.17) is 25.8 Å². The van der Waals surface area contributed by atoms with Crippen LogP contribution >= 0.6 is 22.9 Å². The number of anilines is 1. The Hall–Kier alpha value is -3.08. The van der Waals surface area contributed by atoms with Gasteiger partial charge in [0.25, 0.3) is 10.0 Å². The van der Waals surface area contributed by atoms with Crippen LogP contribution in [0.2, 0.25) is 4.34 Å². The van der Waals surface area contributed by atoms with Crippen LogP contribution in [-0.2, 0) is 14.8 Å². The predicted octanol–water partition coefficient (Wildman–Crippen LogP) is 4.26. The molecule has 0 fully saturated rings. The van der Waals surface area contributed by atoms with Crippen molar-refractivity contribution in [3.63, 3.8) is 0 Å². The van der Waals surface area contributed by atoms with Gasteiger partial charge in [0.15, 0.2) is 6.61 Å². The summed E-state index contributed by atoms with van der Waals surface area (Å²) in [4.78, 5) is 24.7. The highest BCUT2D eigenvalue weighted by atomic mass is 35.5. The van der Waals surface area contributed by atoms with Crippen molar-refractivity contribution in [1.82, 2.24) is 0 Å². The molecule has 11 heteroatoms. The number of methoxy groups -OCH3 is 2. The molecule has 0 amide bonds. The zero-order valence-corrected chi connectivity index (χ0v) is 19.3. The third-order valence-corrected chi connectivity index (χ3v) is 7.33. The monoisotopic (exact) mass is 495 g/mol. The molecule has 0 saturated carbocycles. The number of ketones is 1. The van der Waals surface area contributed by atoms with Gasteiger partial charge in [-0.2, -0.15) is 0 Å². The van der Waals surface area contributed by atoms with Crippen LogP contribution in [0.4, 0.5) is 5.69 Å². The molecule has 1 N–H and O–H groups in total. The number of thiophene rings is 1. The molecule has 0 saturated heterocycles. The molecule has 32 heavy (non-hydrogen) atoms. The Balaban J connectivity index is 1.62. The topological polar surface area (TPSA) is 108 Å². The molecule has 1 aromatic heterocycles. The lowest BCUT2D eigenvalue weighted by molar-refractivity contribution is 0.0474. The van der Waals surface area contributed by atoms with E-state index in [2.05, 4.69) is 4.72 Å². The van der Waals surface area contributed by atoms with Crippen LogP contribution in [0.5, 0.6) is 11.5 Å². The lowest BCUT2D eigenvalue weighted by atomic mass is 10.1. The van der Waals surface area contributed by atoms with Crippen molar-refractivity contribution in [3.8, 4) is 11.5 Å². The van der Waals surface area contributed by atoms with Gasteiger partial charge >= 0.3 is 5.97 Å². The molecule has 2 aromatic carbocycles. The normalized spacial score (nSPS) is 11.0. The molecule has 0 aliphatic carbocycles. The molecule has 0 unspecified atom stereocenters. The van der Waals surface area contributed by atoms with E-state index in [0.717, 1.165) is 11.3 Å². The highest BCUT2D eigenvalue weighted by Gasteiger charge is 2.18. The Bertz CT molecular complexity index is 1240. The minimum Gasteiger partial charge on any atom is -0.497 e. The summed E-state index contributed by atoms with van der Waals surface area (Å²) in [6.45, 7) is -0.491. The minimum atomic E-state index is -3.79. The van der Waals surface area contributed by atoms with Gasteiger partial charge in [-0.3, -0.25) is 9.52 Å². The number of halogens is 1. The van der Waals surface area contributed by atoms with E-state index in [1.54, 1.807) is 12.1 Å². The van der Waals surface area contributed by atoms with Gasteiger partial charge in [0.05, 0.1) is 29.7 Å². The Labute approximate surface area is 193 Å². The number of nitrogens with one attached hydrogen (secondary N) is 1.